The lowest BCUT2D eigenvalue weighted by atomic mass is 10.1. The number of aromatic nitrogens is 2. The molecule has 0 bridgehead atoms. The van der Waals surface area contributed by atoms with Crippen molar-refractivity contribution in [1.29, 1.82) is 0 Å². The number of likely N-dealkylation sites (tertiary alicyclic amines) is 1. The minimum absolute atomic E-state index is 0.0254. The number of aliphatic carboxylic acids is 1. The van der Waals surface area contributed by atoms with Crippen molar-refractivity contribution >= 4 is 39.1 Å². The highest BCUT2D eigenvalue weighted by Gasteiger charge is 2.22. The molecule has 2 aromatic carbocycles. The number of halogens is 1. The summed E-state index contributed by atoms with van der Waals surface area (Å²) in [5.41, 5.74) is 2.75. The summed E-state index contributed by atoms with van der Waals surface area (Å²) in [5, 5.41) is 8.11. The van der Waals surface area contributed by atoms with Gasteiger partial charge >= 0.3 is 0 Å². The fourth-order valence-electron chi connectivity index (χ4n) is 4.43. The zero-order valence-electron chi connectivity index (χ0n) is 21.8. The molecule has 1 fully saturated rings. The fourth-order valence-corrected chi connectivity index (χ4v) is 5.62. The number of ether oxygens (including phenoxy) is 1. The van der Waals surface area contributed by atoms with Crippen LogP contribution in [0.15, 0.2) is 65.7 Å². The second kappa shape index (κ2) is 12.6. The number of hydrogen-bond donors (Lipinski definition) is 1. The standard InChI is InChI=1S/C27H28ClN3O2S.C2H4O2/c1-18(2)30-12-10-22(11-13-30)33-23-5-3-4-19(14-23)16-31-17-29-24-15-25(34-26(24)27(31)32)20-6-8-21(28)9-7-20;1-2(3)4/h3-9,14-15,17-18,22H,10-13,16H2,1-2H3;1H3,(H,3,4). The molecule has 4 aromatic rings. The number of carboxylic acids is 1. The zero-order valence-corrected chi connectivity index (χ0v) is 23.3. The van der Waals surface area contributed by atoms with Gasteiger partial charge in [-0.25, -0.2) is 4.98 Å². The van der Waals surface area contributed by atoms with Crippen LogP contribution in [0.1, 0.15) is 39.2 Å². The highest BCUT2D eigenvalue weighted by atomic mass is 35.5. The monoisotopic (exact) mass is 553 g/mol. The van der Waals surface area contributed by atoms with Gasteiger partial charge in [0, 0.05) is 36.0 Å². The van der Waals surface area contributed by atoms with E-state index in [-0.39, 0.29) is 11.7 Å². The lowest BCUT2D eigenvalue weighted by Gasteiger charge is -2.34. The van der Waals surface area contributed by atoms with Crippen molar-refractivity contribution in [3.05, 3.63) is 81.9 Å². The number of nitrogens with zero attached hydrogens (tertiary/aromatic N) is 3. The summed E-state index contributed by atoms with van der Waals surface area (Å²) in [6.45, 7) is 8.17. The van der Waals surface area contributed by atoms with Gasteiger partial charge < -0.3 is 14.7 Å². The van der Waals surface area contributed by atoms with Crippen LogP contribution in [0.3, 0.4) is 0 Å². The van der Waals surface area contributed by atoms with E-state index in [4.69, 9.17) is 26.2 Å². The third-order valence-corrected chi connectivity index (χ3v) is 7.81. The van der Waals surface area contributed by atoms with Gasteiger partial charge in [0.2, 0.25) is 0 Å². The smallest absolute Gasteiger partial charge is 0.300 e. The Bertz CT molecular complexity index is 1440. The molecule has 0 atom stereocenters. The minimum Gasteiger partial charge on any atom is -0.490 e. The van der Waals surface area contributed by atoms with Gasteiger partial charge in [-0.1, -0.05) is 35.9 Å². The van der Waals surface area contributed by atoms with E-state index in [1.165, 1.54) is 11.3 Å². The summed E-state index contributed by atoms with van der Waals surface area (Å²) in [7, 11) is 0. The predicted octanol–water partition coefficient (Wildman–Crippen LogP) is 6.17. The number of carbonyl (C=O) groups is 1. The molecule has 0 spiro atoms. The van der Waals surface area contributed by atoms with Crippen molar-refractivity contribution < 1.29 is 14.6 Å². The SMILES string of the molecule is CC(=O)O.CC(C)N1CCC(Oc2cccc(Cn3cnc4cc(-c5ccc(Cl)cc5)sc4c3=O)c2)CC1. The van der Waals surface area contributed by atoms with E-state index in [1.54, 1.807) is 10.9 Å². The Labute approximate surface area is 231 Å². The van der Waals surface area contributed by atoms with Crippen molar-refractivity contribution in [2.24, 2.45) is 0 Å². The molecule has 7 nitrogen and oxygen atoms in total. The van der Waals surface area contributed by atoms with Crippen LogP contribution in [0.2, 0.25) is 5.02 Å². The molecule has 38 heavy (non-hydrogen) atoms. The van der Waals surface area contributed by atoms with Crippen molar-refractivity contribution in [3.63, 3.8) is 0 Å². The zero-order chi connectivity index (χ0) is 27.2. The van der Waals surface area contributed by atoms with E-state index < -0.39 is 5.97 Å². The van der Waals surface area contributed by atoms with E-state index in [0.717, 1.165) is 60.1 Å². The second-order valence-electron chi connectivity index (χ2n) is 9.62. The van der Waals surface area contributed by atoms with Crippen LogP contribution in [0.5, 0.6) is 5.75 Å². The molecule has 1 aliphatic rings. The van der Waals surface area contributed by atoms with Gasteiger partial charge in [-0.2, -0.15) is 0 Å². The van der Waals surface area contributed by atoms with E-state index in [9.17, 15) is 4.79 Å². The van der Waals surface area contributed by atoms with Gasteiger partial charge in [-0.05, 0) is 68.1 Å². The van der Waals surface area contributed by atoms with Gasteiger partial charge in [0.15, 0.2) is 0 Å². The van der Waals surface area contributed by atoms with Gasteiger partial charge in [-0.3, -0.25) is 14.2 Å². The average molecular weight is 554 g/mol. The Kier molecular flexibility index (Phi) is 9.20. The molecule has 0 saturated carbocycles. The summed E-state index contributed by atoms with van der Waals surface area (Å²) in [6, 6.07) is 18.2. The summed E-state index contributed by atoms with van der Waals surface area (Å²) in [5.74, 6) is 0.0312. The van der Waals surface area contributed by atoms with Crippen LogP contribution in [-0.4, -0.2) is 50.8 Å². The highest BCUT2D eigenvalue weighted by Crippen LogP contribution is 2.31. The van der Waals surface area contributed by atoms with Crippen LogP contribution in [-0.2, 0) is 11.3 Å². The Morgan fingerprint density at radius 1 is 1.16 bits per heavy atom. The normalized spacial score (nSPS) is 14.3. The first-order valence-electron chi connectivity index (χ1n) is 12.6. The van der Waals surface area contributed by atoms with Gasteiger partial charge in [-0.15, -0.1) is 11.3 Å². The molecule has 1 saturated heterocycles. The molecule has 3 heterocycles. The number of fused-ring (bicyclic) bond motifs is 1. The van der Waals surface area contributed by atoms with Crippen LogP contribution in [0.25, 0.3) is 20.7 Å². The number of hydrogen-bond acceptors (Lipinski definition) is 6. The van der Waals surface area contributed by atoms with Gasteiger partial charge in [0.05, 0.1) is 18.4 Å². The molecular formula is C29H32ClN3O4S. The Hall–Kier alpha value is -3.20. The summed E-state index contributed by atoms with van der Waals surface area (Å²) in [4.78, 5) is 30.2. The van der Waals surface area contributed by atoms with Crippen LogP contribution < -0.4 is 10.3 Å². The maximum Gasteiger partial charge on any atom is 0.300 e. The van der Waals surface area contributed by atoms with Crippen LogP contribution >= 0.6 is 22.9 Å². The Balaban J connectivity index is 0.000000786. The first-order valence-corrected chi connectivity index (χ1v) is 13.8. The molecule has 5 rings (SSSR count). The van der Waals surface area contributed by atoms with Crippen molar-refractivity contribution in [1.82, 2.24) is 14.5 Å². The maximum atomic E-state index is 13.2. The van der Waals surface area contributed by atoms with E-state index in [2.05, 4.69) is 23.7 Å². The summed E-state index contributed by atoms with van der Waals surface area (Å²) >= 11 is 7.48. The average Bonchev–Trinajstić information content (AvgIpc) is 3.32. The molecule has 200 valence electrons. The summed E-state index contributed by atoms with van der Waals surface area (Å²) in [6.07, 6.45) is 3.95. The number of rotatable bonds is 6. The molecule has 0 aliphatic carbocycles. The Morgan fingerprint density at radius 2 is 1.84 bits per heavy atom. The fraction of sp³-hybridized carbons (Fsp3) is 0.345. The third kappa shape index (κ3) is 7.22. The lowest BCUT2D eigenvalue weighted by Crippen LogP contribution is -2.41. The van der Waals surface area contributed by atoms with Crippen molar-refractivity contribution in [2.75, 3.05) is 13.1 Å². The van der Waals surface area contributed by atoms with Crippen molar-refractivity contribution in [2.45, 2.75) is 52.3 Å². The van der Waals surface area contributed by atoms with Crippen LogP contribution in [0.4, 0.5) is 0 Å². The molecule has 1 aliphatic heterocycles. The lowest BCUT2D eigenvalue weighted by molar-refractivity contribution is -0.134. The quantitative estimate of drug-likeness (QED) is 0.307. The van der Waals surface area contributed by atoms with Crippen LogP contribution in [0, 0.1) is 0 Å². The van der Waals surface area contributed by atoms with E-state index in [1.807, 2.05) is 54.6 Å². The molecule has 1 N–H and O–H groups in total. The Morgan fingerprint density at radius 3 is 2.50 bits per heavy atom. The molecule has 0 radical (unpaired) electrons. The third-order valence-electron chi connectivity index (χ3n) is 6.39. The van der Waals surface area contributed by atoms with E-state index >= 15 is 0 Å². The summed E-state index contributed by atoms with van der Waals surface area (Å²) < 4.78 is 8.62. The molecule has 9 heteroatoms. The van der Waals surface area contributed by atoms with Gasteiger partial charge in [0.1, 0.15) is 16.6 Å². The van der Waals surface area contributed by atoms with E-state index in [0.29, 0.717) is 22.3 Å². The minimum atomic E-state index is -0.833. The molecule has 0 unspecified atom stereocenters. The largest absolute Gasteiger partial charge is 0.490 e. The maximum absolute atomic E-state index is 13.2. The topological polar surface area (TPSA) is 84.7 Å². The highest BCUT2D eigenvalue weighted by molar-refractivity contribution is 7.22. The van der Waals surface area contributed by atoms with Crippen molar-refractivity contribution in [3.8, 4) is 16.2 Å². The number of carboxylic acid groups (broad SMARTS) is 1. The predicted molar refractivity (Wildman–Crippen MR) is 154 cm³/mol. The second-order valence-corrected chi connectivity index (χ2v) is 11.1. The number of piperidine rings is 1. The molecule has 0 amide bonds. The molecular weight excluding hydrogens is 522 g/mol. The number of thiophene rings is 1. The molecule has 2 aromatic heterocycles. The number of benzene rings is 2. The van der Waals surface area contributed by atoms with Gasteiger partial charge in [0.25, 0.3) is 11.5 Å². The first kappa shape index (κ1) is 27.8. The first-order chi connectivity index (χ1) is 18.2.